The Balaban J connectivity index is 0. The van der Waals surface area contributed by atoms with Gasteiger partial charge >= 0.3 is 5.97 Å². The van der Waals surface area contributed by atoms with Gasteiger partial charge in [-0.3, -0.25) is 9.59 Å². The molecule has 0 spiro atoms. The van der Waals surface area contributed by atoms with Gasteiger partial charge in [-0.2, -0.15) is 0 Å². The highest BCUT2D eigenvalue weighted by Crippen LogP contribution is 2.20. The van der Waals surface area contributed by atoms with Crippen LogP contribution in [0.25, 0.3) is 0 Å². The van der Waals surface area contributed by atoms with Gasteiger partial charge in [0.2, 0.25) is 5.91 Å². The summed E-state index contributed by atoms with van der Waals surface area (Å²) in [6.45, 7) is 16.7. The minimum absolute atomic E-state index is 0.0817. The van der Waals surface area contributed by atoms with Crippen molar-refractivity contribution in [2.24, 2.45) is 11.7 Å². The minimum Gasteiger partial charge on any atom is -0.461 e. The van der Waals surface area contributed by atoms with E-state index >= 15 is 0 Å². The van der Waals surface area contributed by atoms with Gasteiger partial charge in [0.15, 0.2) is 16.5 Å². The van der Waals surface area contributed by atoms with Crippen LogP contribution in [0.4, 0.5) is 0 Å². The van der Waals surface area contributed by atoms with E-state index in [-0.39, 0.29) is 53.9 Å². The van der Waals surface area contributed by atoms with Crippen molar-refractivity contribution >= 4 is 29.0 Å². The van der Waals surface area contributed by atoms with Crippen LogP contribution in [0.15, 0.2) is 5.38 Å². The molecule has 0 aromatic carbocycles. The van der Waals surface area contributed by atoms with Gasteiger partial charge in [0.05, 0.1) is 13.2 Å². The quantitative estimate of drug-likeness (QED) is 0.373. The van der Waals surface area contributed by atoms with E-state index in [0.717, 1.165) is 17.8 Å². The molecule has 1 rings (SSSR count). The van der Waals surface area contributed by atoms with Crippen molar-refractivity contribution in [3.8, 4) is 0 Å². The predicted molar refractivity (Wildman–Crippen MR) is 129 cm³/mol. The second-order valence-corrected chi connectivity index (χ2v) is 7.85. The van der Waals surface area contributed by atoms with E-state index in [1.54, 1.807) is 11.8 Å². The predicted octanol–water partition coefficient (Wildman–Crippen LogP) is 4.95. The molecule has 1 aromatic heterocycles. The molecule has 0 bridgehead atoms. The maximum atomic E-state index is 12.6. The molecule has 1 aromatic rings. The molecule has 0 saturated heterocycles. The Kier molecular flexibility index (Phi) is 19.2. The summed E-state index contributed by atoms with van der Waals surface area (Å²) in [4.78, 5) is 42.2. The van der Waals surface area contributed by atoms with Crippen molar-refractivity contribution in [2.45, 2.75) is 87.1 Å². The fraction of sp³-hybridized carbons (Fsp3) is 0.739. The van der Waals surface area contributed by atoms with Crippen molar-refractivity contribution < 1.29 is 19.1 Å². The van der Waals surface area contributed by atoms with Crippen molar-refractivity contribution in [3.63, 3.8) is 0 Å². The molecule has 8 heteroatoms. The number of nitrogens with zero attached hydrogens (tertiary/aromatic N) is 2. The molecule has 0 fully saturated rings. The number of Topliss-reactive ketones (excluding diaryl/α,β-unsaturated/α-hetero) is 1. The number of hydrogen-bond donors (Lipinski definition) is 1. The van der Waals surface area contributed by atoms with Crippen LogP contribution in [0.1, 0.15) is 101 Å². The van der Waals surface area contributed by atoms with Crippen LogP contribution in [0.3, 0.4) is 0 Å². The van der Waals surface area contributed by atoms with Gasteiger partial charge in [-0.15, -0.1) is 11.3 Å². The van der Waals surface area contributed by atoms with Crippen molar-refractivity contribution in [1.82, 2.24) is 9.88 Å². The van der Waals surface area contributed by atoms with Crippen LogP contribution in [-0.4, -0.2) is 53.3 Å². The summed E-state index contributed by atoms with van der Waals surface area (Å²) in [5.41, 5.74) is 5.65. The second-order valence-electron chi connectivity index (χ2n) is 6.99. The number of aromatic nitrogens is 1. The topological polar surface area (TPSA) is 103 Å². The zero-order valence-electron chi connectivity index (χ0n) is 20.7. The van der Waals surface area contributed by atoms with Gasteiger partial charge in [-0.1, -0.05) is 61.3 Å². The van der Waals surface area contributed by atoms with E-state index in [4.69, 9.17) is 10.5 Å². The molecule has 0 aliphatic carbocycles. The number of hydrogen-bond acceptors (Lipinski definition) is 7. The van der Waals surface area contributed by atoms with Crippen molar-refractivity contribution in [3.05, 3.63) is 16.1 Å². The Morgan fingerprint density at radius 2 is 1.68 bits per heavy atom. The first-order valence-electron chi connectivity index (χ1n) is 11.4. The summed E-state index contributed by atoms with van der Waals surface area (Å²) >= 11 is 1.12. The second kappa shape index (κ2) is 18.9. The lowest BCUT2D eigenvalue weighted by atomic mass is 9.96. The van der Waals surface area contributed by atoms with E-state index in [2.05, 4.69) is 18.8 Å². The molecule has 1 atom stereocenters. The Morgan fingerprint density at radius 1 is 1.10 bits per heavy atom. The third kappa shape index (κ3) is 12.0. The lowest BCUT2D eigenvalue weighted by molar-refractivity contribution is -0.132. The minimum atomic E-state index is -0.538. The Morgan fingerprint density at radius 3 is 2.10 bits per heavy atom. The monoisotopic (exact) mass is 457 g/mol. The lowest BCUT2D eigenvalue weighted by Crippen LogP contribution is -2.47. The number of carbonyl (C=O) groups is 3. The molecule has 31 heavy (non-hydrogen) atoms. The molecule has 1 amide bonds. The van der Waals surface area contributed by atoms with Gasteiger partial charge in [-0.25, -0.2) is 9.78 Å². The third-order valence-corrected chi connectivity index (χ3v) is 5.13. The highest BCUT2D eigenvalue weighted by molar-refractivity contribution is 7.11. The fourth-order valence-electron chi connectivity index (χ4n) is 2.52. The number of ether oxygens (including phenoxy) is 1. The van der Waals surface area contributed by atoms with E-state index < -0.39 is 5.97 Å². The Labute approximate surface area is 192 Å². The number of esters is 1. The normalized spacial score (nSPS) is 10.9. The lowest BCUT2D eigenvalue weighted by Gasteiger charge is -2.33. The zero-order valence-corrected chi connectivity index (χ0v) is 21.5. The summed E-state index contributed by atoms with van der Waals surface area (Å²) in [5.74, 6) is -0.801. The molecule has 7 nitrogen and oxygen atoms in total. The molecule has 1 heterocycles. The molecule has 0 saturated carbocycles. The standard InChI is InChI=1S/C17H27N3O4S.C4H10.C2H6/c1-5-7-20(15(22)9-18)13(11(3)4)8-14(21)16-19-12(10-25-16)17(23)24-6-2;1-3-4-2;1-2/h10-11,13H,5-9,18H2,1-4H3;3-4H2,1-2H3;1-2H3. The largest absolute Gasteiger partial charge is 0.461 e. The number of carbonyl (C=O) groups excluding carboxylic acids is 3. The van der Waals surface area contributed by atoms with Crippen molar-refractivity contribution in [2.75, 3.05) is 19.7 Å². The average molecular weight is 458 g/mol. The first-order chi connectivity index (χ1) is 14.8. The van der Waals surface area contributed by atoms with E-state index in [0.29, 0.717) is 6.54 Å². The van der Waals surface area contributed by atoms with Crippen LogP contribution in [0.5, 0.6) is 0 Å². The summed E-state index contributed by atoms with van der Waals surface area (Å²) in [7, 11) is 0. The van der Waals surface area contributed by atoms with Crippen LogP contribution in [0, 0.1) is 5.92 Å². The fourth-order valence-corrected chi connectivity index (χ4v) is 3.26. The number of nitrogens with two attached hydrogens (primary N) is 1. The molecular formula is C23H43N3O4S. The molecule has 180 valence electrons. The van der Waals surface area contributed by atoms with E-state index in [1.807, 2.05) is 34.6 Å². The maximum absolute atomic E-state index is 12.6. The zero-order chi connectivity index (χ0) is 24.4. The van der Waals surface area contributed by atoms with E-state index in [9.17, 15) is 14.4 Å². The molecule has 0 radical (unpaired) electrons. The summed E-state index contributed by atoms with van der Waals surface area (Å²) in [5, 5.41) is 1.77. The SMILES string of the molecule is CC.CCCC.CCCN(C(=O)CN)C(CC(=O)c1nc(C(=O)OCC)cs1)C(C)C. The molecule has 0 aliphatic rings. The Bertz CT molecular complexity index is 630. The van der Waals surface area contributed by atoms with E-state index in [1.165, 1.54) is 18.2 Å². The van der Waals surface area contributed by atoms with Crippen LogP contribution < -0.4 is 5.73 Å². The summed E-state index contributed by atoms with van der Waals surface area (Å²) < 4.78 is 4.88. The number of thiazole rings is 1. The third-order valence-electron chi connectivity index (χ3n) is 4.25. The number of amides is 1. The highest BCUT2D eigenvalue weighted by atomic mass is 32.1. The summed E-state index contributed by atoms with van der Waals surface area (Å²) in [6, 6.07) is -0.251. The van der Waals surface area contributed by atoms with Crippen molar-refractivity contribution in [1.29, 1.82) is 0 Å². The summed E-state index contributed by atoms with van der Waals surface area (Å²) in [6.07, 6.45) is 3.58. The molecular weight excluding hydrogens is 414 g/mol. The molecule has 0 aliphatic heterocycles. The maximum Gasteiger partial charge on any atom is 0.357 e. The van der Waals surface area contributed by atoms with Gasteiger partial charge in [-0.05, 0) is 19.3 Å². The van der Waals surface area contributed by atoms with Gasteiger partial charge in [0.25, 0.3) is 0 Å². The van der Waals surface area contributed by atoms with Crippen LogP contribution in [0.2, 0.25) is 0 Å². The van der Waals surface area contributed by atoms with Gasteiger partial charge in [0.1, 0.15) is 0 Å². The number of ketones is 1. The molecule has 1 unspecified atom stereocenters. The Hall–Kier alpha value is -1.80. The number of rotatable bonds is 11. The number of unbranched alkanes of at least 4 members (excludes halogenated alkanes) is 1. The van der Waals surface area contributed by atoms with Crippen LogP contribution >= 0.6 is 11.3 Å². The average Bonchev–Trinajstić information content (AvgIpc) is 3.27. The van der Waals surface area contributed by atoms with Gasteiger partial charge in [0, 0.05) is 24.4 Å². The highest BCUT2D eigenvalue weighted by Gasteiger charge is 2.29. The van der Waals surface area contributed by atoms with Gasteiger partial charge < -0.3 is 15.4 Å². The first kappa shape index (κ1) is 31.4. The smallest absolute Gasteiger partial charge is 0.357 e. The molecule has 2 N–H and O–H groups in total. The van der Waals surface area contributed by atoms with Crippen LogP contribution in [-0.2, 0) is 9.53 Å². The first-order valence-corrected chi connectivity index (χ1v) is 12.3.